The third-order valence-corrected chi connectivity index (χ3v) is 2.93. The first-order chi connectivity index (χ1) is 9.24. The summed E-state index contributed by atoms with van der Waals surface area (Å²) in [6.07, 6.45) is 0. The number of rotatable bonds is 2. The molecule has 0 aliphatic heterocycles. The van der Waals surface area contributed by atoms with Crippen molar-refractivity contribution in [3.05, 3.63) is 54.1 Å². The maximum absolute atomic E-state index is 9.89. The first-order valence-corrected chi connectivity index (χ1v) is 6.02. The lowest BCUT2D eigenvalue weighted by Gasteiger charge is -1.94. The van der Waals surface area contributed by atoms with E-state index >= 15 is 0 Å². The molecule has 19 heavy (non-hydrogen) atoms. The maximum Gasteiger partial charge on any atom is 0.218 e. The van der Waals surface area contributed by atoms with Crippen molar-refractivity contribution in [3.8, 4) is 5.88 Å². The Bertz CT molecular complexity index is 745. The molecule has 0 bridgehead atoms. The Morgan fingerprint density at radius 2 is 1.79 bits per heavy atom. The molecule has 0 saturated carbocycles. The Morgan fingerprint density at radius 3 is 2.58 bits per heavy atom. The molecule has 3 aromatic rings. The highest BCUT2D eigenvalue weighted by atomic mass is 16.3. The van der Waals surface area contributed by atoms with Gasteiger partial charge in [-0.05, 0) is 31.2 Å². The first kappa shape index (κ1) is 11.5. The molecular weight excluding hydrogens is 238 g/mol. The molecule has 4 heteroatoms. The third kappa shape index (κ3) is 2.20. The molecule has 0 aliphatic carbocycles. The van der Waals surface area contributed by atoms with E-state index in [2.05, 4.69) is 15.2 Å². The van der Waals surface area contributed by atoms with Crippen LogP contribution in [-0.4, -0.2) is 10.1 Å². The number of aromatic hydroxyl groups is 1. The zero-order chi connectivity index (χ0) is 13.2. The number of H-pyrrole nitrogens is 1. The van der Waals surface area contributed by atoms with Crippen molar-refractivity contribution >= 4 is 22.3 Å². The molecule has 0 saturated heterocycles. The van der Waals surface area contributed by atoms with Crippen LogP contribution in [0.1, 0.15) is 5.56 Å². The summed E-state index contributed by atoms with van der Waals surface area (Å²) in [6, 6.07) is 15.3. The Morgan fingerprint density at radius 1 is 1.00 bits per heavy atom. The number of aromatic amines is 1. The molecule has 0 spiro atoms. The minimum absolute atomic E-state index is 0.0419. The average molecular weight is 251 g/mol. The summed E-state index contributed by atoms with van der Waals surface area (Å²) in [4.78, 5) is 2.89. The van der Waals surface area contributed by atoms with Gasteiger partial charge in [-0.3, -0.25) is 0 Å². The van der Waals surface area contributed by atoms with Gasteiger partial charge in [0.05, 0.1) is 11.2 Å². The average Bonchev–Trinajstić information content (AvgIpc) is 2.73. The van der Waals surface area contributed by atoms with Crippen LogP contribution in [0.3, 0.4) is 0 Å². The summed E-state index contributed by atoms with van der Waals surface area (Å²) in [5.74, 6) is 0.0419. The van der Waals surface area contributed by atoms with Crippen molar-refractivity contribution in [2.75, 3.05) is 0 Å². The summed E-state index contributed by atoms with van der Waals surface area (Å²) in [6.45, 7) is 2.00. The van der Waals surface area contributed by atoms with Crippen molar-refractivity contribution in [3.63, 3.8) is 0 Å². The highest BCUT2D eigenvalue weighted by molar-refractivity contribution is 5.94. The van der Waals surface area contributed by atoms with Gasteiger partial charge in [-0.15, -0.1) is 5.11 Å². The molecule has 4 nitrogen and oxygen atoms in total. The van der Waals surface area contributed by atoms with E-state index in [1.807, 2.05) is 55.5 Å². The van der Waals surface area contributed by atoms with Crippen LogP contribution >= 0.6 is 0 Å². The number of azo groups is 1. The van der Waals surface area contributed by atoms with E-state index in [1.165, 1.54) is 0 Å². The fourth-order valence-corrected chi connectivity index (χ4v) is 1.98. The van der Waals surface area contributed by atoms with E-state index in [4.69, 9.17) is 0 Å². The Hall–Kier alpha value is -2.62. The minimum Gasteiger partial charge on any atom is -0.493 e. The summed E-state index contributed by atoms with van der Waals surface area (Å²) >= 11 is 0. The number of aryl methyl sites for hydroxylation is 1. The second-order valence-electron chi connectivity index (χ2n) is 4.41. The van der Waals surface area contributed by atoms with Gasteiger partial charge in [0.15, 0.2) is 5.69 Å². The second kappa shape index (κ2) is 4.57. The van der Waals surface area contributed by atoms with Gasteiger partial charge in [0.2, 0.25) is 5.88 Å². The van der Waals surface area contributed by atoms with Crippen LogP contribution in [0.15, 0.2) is 58.8 Å². The molecule has 2 aromatic carbocycles. The SMILES string of the molecule is Cc1ccc2[nH]c(O)c(N=Nc3ccccc3)c2c1. The second-order valence-corrected chi connectivity index (χ2v) is 4.41. The van der Waals surface area contributed by atoms with E-state index in [0.29, 0.717) is 5.69 Å². The third-order valence-electron chi connectivity index (χ3n) is 2.93. The van der Waals surface area contributed by atoms with Gasteiger partial charge in [-0.2, -0.15) is 5.11 Å². The van der Waals surface area contributed by atoms with Gasteiger partial charge >= 0.3 is 0 Å². The predicted octanol–water partition coefficient (Wildman–Crippen LogP) is 4.60. The fourth-order valence-electron chi connectivity index (χ4n) is 1.98. The molecule has 1 heterocycles. The van der Waals surface area contributed by atoms with Crippen molar-refractivity contribution in [1.29, 1.82) is 0 Å². The van der Waals surface area contributed by atoms with E-state index in [1.54, 1.807) is 0 Å². The molecular formula is C15H13N3O. The number of nitrogens with zero attached hydrogens (tertiary/aromatic N) is 2. The number of fused-ring (bicyclic) bond motifs is 1. The smallest absolute Gasteiger partial charge is 0.218 e. The Labute approximate surface area is 110 Å². The number of hydrogen-bond donors (Lipinski definition) is 2. The van der Waals surface area contributed by atoms with Crippen LogP contribution in [0.4, 0.5) is 11.4 Å². The molecule has 94 valence electrons. The van der Waals surface area contributed by atoms with Gasteiger partial charge in [-0.1, -0.05) is 29.8 Å². The summed E-state index contributed by atoms with van der Waals surface area (Å²) in [7, 11) is 0. The minimum atomic E-state index is 0.0419. The van der Waals surface area contributed by atoms with E-state index < -0.39 is 0 Å². The van der Waals surface area contributed by atoms with Crippen LogP contribution in [0.5, 0.6) is 5.88 Å². The lowest BCUT2D eigenvalue weighted by molar-refractivity contribution is 0.459. The maximum atomic E-state index is 9.89. The van der Waals surface area contributed by atoms with Gasteiger partial charge in [-0.25, -0.2) is 0 Å². The molecule has 0 radical (unpaired) electrons. The fraction of sp³-hybridized carbons (Fsp3) is 0.0667. The first-order valence-electron chi connectivity index (χ1n) is 6.02. The largest absolute Gasteiger partial charge is 0.493 e. The topological polar surface area (TPSA) is 60.7 Å². The number of benzene rings is 2. The molecule has 0 amide bonds. The van der Waals surface area contributed by atoms with E-state index in [0.717, 1.165) is 22.2 Å². The zero-order valence-electron chi connectivity index (χ0n) is 10.5. The van der Waals surface area contributed by atoms with Crippen LogP contribution in [0.25, 0.3) is 10.9 Å². The molecule has 1 aromatic heterocycles. The van der Waals surface area contributed by atoms with Gasteiger partial charge in [0.1, 0.15) is 0 Å². The summed E-state index contributed by atoms with van der Waals surface area (Å²) in [5, 5.41) is 19.0. The van der Waals surface area contributed by atoms with Crippen molar-refractivity contribution < 1.29 is 5.11 Å². The molecule has 2 N–H and O–H groups in total. The van der Waals surface area contributed by atoms with Crippen molar-refractivity contribution in [1.82, 2.24) is 4.98 Å². The van der Waals surface area contributed by atoms with Gasteiger partial charge in [0, 0.05) is 5.39 Å². The number of hydrogen-bond acceptors (Lipinski definition) is 3. The zero-order valence-corrected chi connectivity index (χ0v) is 10.5. The normalized spacial score (nSPS) is 11.4. The van der Waals surface area contributed by atoms with Crippen LogP contribution < -0.4 is 0 Å². The quantitative estimate of drug-likeness (QED) is 0.642. The van der Waals surface area contributed by atoms with E-state index in [-0.39, 0.29) is 5.88 Å². The molecule has 0 aliphatic rings. The summed E-state index contributed by atoms with van der Waals surface area (Å²) in [5.41, 5.74) is 3.19. The van der Waals surface area contributed by atoms with Crippen molar-refractivity contribution in [2.24, 2.45) is 10.2 Å². The van der Waals surface area contributed by atoms with Crippen LogP contribution in [0, 0.1) is 6.92 Å². The van der Waals surface area contributed by atoms with Crippen molar-refractivity contribution in [2.45, 2.75) is 6.92 Å². The standard InChI is InChI=1S/C15H13N3O/c1-10-7-8-13-12(9-10)14(15(19)16-13)18-17-11-5-3-2-4-6-11/h2-9,16,19H,1H3. The van der Waals surface area contributed by atoms with Crippen LogP contribution in [0.2, 0.25) is 0 Å². The molecule has 0 unspecified atom stereocenters. The van der Waals surface area contributed by atoms with E-state index in [9.17, 15) is 5.11 Å². The molecule has 0 atom stereocenters. The van der Waals surface area contributed by atoms with Gasteiger partial charge < -0.3 is 10.1 Å². The lowest BCUT2D eigenvalue weighted by atomic mass is 10.2. The Balaban J connectivity index is 2.07. The highest BCUT2D eigenvalue weighted by Crippen LogP contribution is 2.36. The highest BCUT2D eigenvalue weighted by Gasteiger charge is 2.10. The van der Waals surface area contributed by atoms with Crippen LogP contribution in [-0.2, 0) is 0 Å². The number of nitrogens with one attached hydrogen (secondary N) is 1. The lowest BCUT2D eigenvalue weighted by Crippen LogP contribution is -1.71. The monoisotopic (exact) mass is 251 g/mol. The molecule has 0 fully saturated rings. The Kier molecular flexibility index (Phi) is 2.76. The summed E-state index contributed by atoms with van der Waals surface area (Å²) < 4.78 is 0. The predicted molar refractivity (Wildman–Crippen MR) is 75.3 cm³/mol. The molecule has 3 rings (SSSR count). The number of aromatic nitrogens is 1. The van der Waals surface area contributed by atoms with Gasteiger partial charge in [0.25, 0.3) is 0 Å².